The van der Waals surface area contributed by atoms with E-state index in [1.807, 2.05) is 0 Å². The van der Waals surface area contributed by atoms with Crippen LogP contribution in [0.4, 0.5) is 13.2 Å². The van der Waals surface area contributed by atoms with Crippen molar-refractivity contribution >= 4 is 22.8 Å². The van der Waals surface area contributed by atoms with E-state index in [-0.39, 0.29) is 29.3 Å². The highest BCUT2D eigenvalue weighted by Gasteiger charge is 2.35. The largest absolute Gasteiger partial charge is 0.496 e. The smallest absolute Gasteiger partial charge is 0.434 e. The van der Waals surface area contributed by atoms with Gasteiger partial charge in [-0.25, -0.2) is 15.0 Å². The lowest BCUT2D eigenvalue weighted by Gasteiger charge is -2.15. The number of halogens is 4. The number of hydrogen-bond acceptors (Lipinski definition) is 6. The number of methoxy groups -OCH3 is 1. The van der Waals surface area contributed by atoms with Crippen LogP contribution in [-0.2, 0) is 12.7 Å². The molecule has 172 valence electrons. The summed E-state index contributed by atoms with van der Waals surface area (Å²) < 4.78 is 48.1. The van der Waals surface area contributed by atoms with Crippen molar-refractivity contribution in [3.8, 4) is 17.1 Å². The summed E-state index contributed by atoms with van der Waals surface area (Å²) in [4.78, 5) is 28.3. The molecule has 3 heterocycles. The molecule has 0 fully saturated rings. The highest BCUT2D eigenvalue weighted by Crippen LogP contribution is 2.36. The van der Waals surface area contributed by atoms with Crippen LogP contribution in [-0.4, -0.2) is 36.2 Å². The molecule has 0 unspecified atom stereocenters. The second-order valence-electron chi connectivity index (χ2n) is 7.51. The molecule has 0 aliphatic heterocycles. The molecule has 4 rings (SSSR count). The summed E-state index contributed by atoms with van der Waals surface area (Å²) in [6, 6.07) is 4.68. The molecule has 0 aliphatic rings. The van der Waals surface area contributed by atoms with Crippen molar-refractivity contribution in [2.75, 3.05) is 7.11 Å². The zero-order valence-corrected chi connectivity index (χ0v) is 18.5. The molecule has 0 N–H and O–H groups in total. The fraction of sp³-hybridized carbons (Fsp3) is 0.286. The standard InChI is InChI=1S/C21H18ClF3N6O2/c1-11(2)30-10-16(21(23,24)25)28-18(30)13-5-4-12(6-15(13)33-3)9-31-17(32)8-26-14-7-27-20(22)29-19(14)31/h4-8,10-11H,9H2,1-3H3. The third kappa shape index (κ3) is 4.40. The molecule has 4 aromatic rings. The van der Waals surface area contributed by atoms with E-state index in [0.29, 0.717) is 22.4 Å². The quantitative estimate of drug-likeness (QED) is 0.396. The zero-order valence-electron chi connectivity index (χ0n) is 17.8. The van der Waals surface area contributed by atoms with Gasteiger partial charge in [0.15, 0.2) is 11.3 Å². The van der Waals surface area contributed by atoms with Crippen molar-refractivity contribution in [2.45, 2.75) is 32.6 Å². The Morgan fingerprint density at radius 1 is 1.15 bits per heavy atom. The van der Waals surface area contributed by atoms with Gasteiger partial charge in [0.05, 0.1) is 31.6 Å². The molecule has 0 amide bonds. The maximum absolute atomic E-state index is 13.3. The molecule has 0 atom stereocenters. The van der Waals surface area contributed by atoms with Crippen LogP contribution in [0.25, 0.3) is 22.6 Å². The van der Waals surface area contributed by atoms with Gasteiger partial charge in [-0.2, -0.15) is 18.2 Å². The molecular formula is C21H18ClF3N6O2. The van der Waals surface area contributed by atoms with Crippen molar-refractivity contribution in [1.29, 1.82) is 0 Å². The average Bonchev–Trinajstić information content (AvgIpc) is 3.22. The van der Waals surface area contributed by atoms with Gasteiger partial charge in [0.1, 0.15) is 17.1 Å². The first-order valence-corrected chi connectivity index (χ1v) is 10.2. The fourth-order valence-electron chi connectivity index (χ4n) is 3.41. The predicted molar refractivity (Wildman–Crippen MR) is 115 cm³/mol. The van der Waals surface area contributed by atoms with E-state index in [4.69, 9.17) is 16.3 Å². The predicted octanol–water partition coefficient (Wildman–Crippen LogP) is 4.36. The molecular weight excluding hydrogens is 461 g/mol. The topological polar surface area (TPSA) is 87.7 Å². The van der Waals surface area contributed by atoms with Crippen molar-refractivity contribution in [1.82, 2.24) is 29.1 Å². The van der Waals surface area contributed by atoms with Crippen LogP contribution in [0.2, 0.25) is 5.28 Å². The third-order valence-electron chi connectivity index (χ3n) is 4.98. The zero-order chi connectivity index (χ0) is 23.9. The van der Waals surface area contributed by atoms with E-state index in [9.17, 15) is 18.0 Å². The van der Waals surface area contributed by atoms with E-state index in [0.717, 1.165) is 12.4 Å². The van der Waals surface area contributed by atoms with Gasteiger partial charge in [-0.1, -0.05) is 6.07 Å². The second-order valence-corrected chi connectivity index (χ2v) is 7.85. The number of alkyl halides is 3. The minimum atomic E-state index is -4.57. The number of benzene rings is 1. The minimum Gasteiger partial charge on any atom is -0.496 e. The number of aromatic nitrogens is 6. The summed E-state index contributed by atoms with van der Waals surface area (Å²) >= 11 is 5.88. The van der Waals surface area contributed by atoms with Crippen LogP contribution in [0.1, 0.15) is 31.1 Å². The number of imidazole rings is 1. The van der Waals surface area contributed by atoms with Crippen LogP contribution in [0.3, 0.4) is 0 Å². The molecule has 0 radical (unpaired) electrons. The lowest BCUT2D eigenvalue weighted by Crippen LogP contribution is -2.22. The van der Waals surface area contributed by atoms with E-state index < -0.39 is 17.4 Å². The lowest BCUT2D eigenvalue weighted by molar-refractivity contribution is -0.140. The summed E-state index contributed by atoms with van der Waals surface area (Å²) in [6.45, 7) is 3.63. The van der Waals surface area contributed by atoms with Gasteiger partial charge in [0.2, 0.25) is 5.28 Å². The van der Waals surface area contributed by atoms with Gasteiger partial charge in [-0.05, 0) is 43.1 Å². The molecule has 0 saturated carbocycles. The van der Waals surface area contributed by atoms with Gasteiger partial charge in [-0.15, -0.1) is 0 Å². The maximum atomic E-state index is 13.3. The Morgan fingerprint density at radius 3 is 2.58 bits per heavy atom. The van der Waals surface area contributed by atoms with Gasteiger partial charge in [0, 0.05) is 12.2 Å². The monoisotopic (exact) mass is 478 g/mol. The van der Waals surface area contributed by atoms with Gasteiger partial charge >= 0.3 is 6.18 Å². The fourth-order valence-corrected chi connectivity index (χ4v) is 3.54. The molecule has 1 aromatic carbocycles. The first-order chi connectivity index (χ1) is 15.6. The number of fused-ring (bicyclic) bond motifs is 1. The normalized spacial score (nSPS) is 12.0. The molecule has 33 heavy (non-hydrogen) atoms. The highest BCUT2D eigenvalue weighted by atomic mass is 35.5. The van der Waals surface area contributed by atoms with E-state index in [1.165, 1.54) is 22.4 Å². The summed E-state index contributed by atoms with van der Waals surface area (Å²) in [7, 11) is 1.41. The van der Waals surface area contributed by atoms with Crippen LogP contribution in [0.5, 0.6) is 5.75 Å². The first-order valence-electron chi connectivity index (χ1n) is 9.80. The molecule has 8 nitrogen and oxygen atoms in total. The number of hydrogen-bond donors (Lipinski definition) is 0. The third-order valence-corrected chi connectivity index (χ3v) is 5.17. The molecule has 0 spiro atoms. The minimum absolute atomic E-state index is 0.0300. The van der Waals surface area contributed by atoms with Crippen molar-refractivity contribution < 1.29 is 17.9 Å². The molecule has 0 aliphatic carbocycles. The lowest BCUT2D eigenvalue weighted by atomic mass is 10.1. The number of nitrogens with zero attached hydrogens (tertiary/aromatic N) is 6. The Labute approximate surface area is 190 Å². The molecule has 3 aromatic heterocycles. The number of rotatable bonds is 5. The van der Waals surface area contributed by atoms with Gasteiger partial charge in [0.25, 0.3) is 5.56 Å². The Balaban J connectivity index is 1.79. The SMILES string of the molecule is COc1cc(Cn2c(=O)cnc3cnc(Cl)nc32)ccc1-c1nc(C(F)(F)F)cn1C(C)C. The molecule has 0 bridgehead atoms. The van der Waals surface area contributed by atoms with E-state index >= 15 is 0 Å². The van der Waals surface area contributed by atoms with E-state index in [1.54, 1.807) is 32.0 Å². The Hall–Kier alpha value is -3.47. The highest BCUT2D eigenvalue weighted by molar-refractivity contribution is 6.28. The van der Waals surface area contributed by atoms with Crippen molar-refractivity contribution in [3.63, 3.8) is 0 Å². The van der Waals surface area contributed by atoms with Crippen LogP contribution in [0.15, 0.2) is 41.6 Å². The summed E-state index contributed by atoms with van der Waals surface area (Å²) in [5, 5.41) is -0.0300. The van der Waals surface area contributed by atoms with E-state index in [2.05, 4.69) is 19.9 Å². The Bertz CT molecular complexity index is 1400. The van der Waals surface area contributed by atoms with Crippen LogP contribution < -0.4 is 10.3 Å². The second kappa shape index (κ2) is 8.47. The molecule has 12 heteroatoms. The summed E-state index contributed by atoms with van der Waals surface area (Å²) in [6.07, 6.45) is -1.02. The van der Waals surface area contributed by atoms with Crippen LogP contribution >= 0.6 is 11.6 Å². The van der Waals surface area contributed by atoms with Gasteiger partial charge < -0.3 is 9.30 Å². The first kappa shape index (κ1) is 22.7. The van der Waals surface area contributed by atoms with Crippen LogP contribution in [0, 0.1) is 0 Å². The Morgan fingerprint density at radius 2 is 1.91 bits per heavy atom. The summed E-state index contributed by atoms with van der Waals surface area (Å²) in [5.74, 6) is 0.444. The average molecular weight is 479 g/mol. The number of ether oxygens (including phenoxy) is 1. The van der Waals surface area contributed by atoms with Crippen molar-refractivity contribution in [2.24, 2.45) is 0 Å². The Kier molecular flexibility index (Phi) is 5.83. The van der Waals surface area contributed by atoms with Gasteiger partial charge in [-0.3, -0.25) is 9.36 Å². The molecule has 0 saturated heterocycles. The summed E-state index contributed by atoms with van der Waals surface area (Å²) in [5.41, 5.74) is 0.313. The maximum Gasteiger partial charge on any atom is 0.434 e. The van der Waals surface area contributed by atoms with Crippen molar-refractivity contribution in [3.05, 3.63) is 63.7 Å².